The number of fused-ring (bicyclic) bond motifs is 1. The predicted octanol–water partition coefficient (Wildman–Crippen LogP) is 3.01. The van der Waals surface area contributed by atoms with E-state index < -0.39 is 0 Å². The maximum atomic E-state index is 6.13. The highest BCUT2D eigenvalue weighted by Crippen LogP contribution is 2.37. The third-order valence-corrected chi connectivity index (χ3v) is 5.20. The summed E-state index contributed by atoms with van der Waals surface area (Å²) < 4.78 is 0. The van der Waals surface area contributed by atoms with Crippen molar-refractivity contribution in [3.05, 3.63) is 0 Å². The molecule has 0 spiro atoms. The standard InChI is InChI=1S/C15H30N2/c1-12(16)15(2,3)11-17-10-6-8-13-7-4-5-9-14(13)17/h12-14H,4-11,16H2,1-3H3/t12?,13-,14-/m1/s1. The van der Waals surface area contributed by atoms with Crippen LogP contribution in [-0.4, -0.2) is 30.1 Å². The molecular weight excluding hydrogens is 208 g/mol. The zero-order chi connectivity index (χ0) is 12.5. The van der Waals surface area contributed by atoms with Gasteiger partial charge in [-0.3, -0.25) is 4.90 Å². The molecule has 0 aromatic heterocycles. The minimum Gasteiger partial charge on any atom is -0.327 e. The van der Waals surface area contributed by atoms with Crippen molar-refractivity contribution in [2.45, 2.75) is 71.4 Å². The maximum absolute atomic E-state index is 6.13. The van der Waals surface area contributed by atoms with Crippen LogP contribution in [-0.2, 0) is 0 Å². The van der Waals surface area contributed by atoms with Crippen LogP contribution in [0.2, 0.25) is 0 Å². The summed E-state index contributed by atoms with van der Waals surface area (Å²) in [6.07, 6.45) is 8.68. The minimum atomic E-state index is 0.249. The SMILES string of the molecule is CC(N)C(C)(C)CN1CCC[C@H]2CCCC[C@H]21. The first-order chi connectivity index (χ1) is 8.00. The van der Waals surface area contributed by atoms with E-state index in [4.69, 9.17) is 5.73 Å². The lowest BCUT2D eigenvalue weighted by Gasteiger charge is -2.47. The molecule has 2 heteroatoms. The molecule has 0 aromatic rings. The molecule has 0 radical (unpaired) electrons. The molecule has 2 nitrogen and oxygen atoms in total. The minimum absolute atomic E-state index is 0.249. The van der Waals surface area contributed by atoms with E-state index in [9.17, 15) is 0 Å². The Labute approximate surface area is 107 Å². The third kappa shape index (κ3) is 3.03. The Balaban J connectivity index is 1.99. The lowest BCUT2D eigenvalue weighted by molar-refractivity contribution is 0.0271. The summed E-state index contributed by atoms with van der Waals surface area (Å²) >= 11 is 0. The van der Waals surface area contributed by atoms with Gasteiger partial charge in [-0.05, 0) is 50.5 Å². The number of piperidine rings is 1. The lowest BCUT2D eigenvalue weighted by Crippen LogP contribution is -2.52. The van der Waals surface area contributed by atoms with Gasteiger partial charge in [0.1, 0.15) is 0 Å². The molecule has 1 saturated heterocycles. The van der Waals surface area contributed by atoms with Crippen molar-refractivity contribution >= 4 is 0 Å². The first kappa shape index (κ1) is 13.4. The van der Waals surface area contributed by atoms with Crippen LogP contribution in [0.5, 0.6) is 0 Å². The smallest absolute Gasteiger partial charge is 0.0124 e. The number of rotatable bonds is 3. The highest BCUT2D eigenvalue weighted by Gasteiger charge is 2.36. The quantitative estimate of drug-likeness (QED) is 0.819. The molecule has 2 aliphatic rings. The van der Waals surface area contributed by atoms with Crippen LogP contribution < -0.4 is 5.73 Å². The van der Waals surface area contributed by atoms with E-state index in [-0.39, 0.29) is 11.5 Å². The second-order valence-electron chi connectivity index (χ2n) is 7.00. The van der Waals surface area contributed by atoms with Crippen LogP contribution in [0.25, 0.3) is 0 Å². The molecule has 0 bridgehead atoms. The molecule has 1 heterocycles. The summed E-state index contributed by atoms with van der Waals surface area (Å²) in [6.45, 7) is 9.29. The van der Waals surface area contributed by atoms with Crippen LogP contribution in [0.3, 0.4) is 0 Å². The fraction of sp³-hybridized carbons (Fsp3) is 1.00. The number of hydrogen-bond acceptors (Lipinski definition) is 2. The number of nitrogens with zero attached hydrogens (tertiary/aromatic N) is 1. The van der Waals surface area contributed by atoms with Gasteiger partial charge in [-0.25, -0.2) is 0 Å². The molecule has 3 atom stereocenters. The Bertz CT molecular complexity index is 245. The van der Waals surface area contributed by atoms with Gasteiger partial charge in [-0.1, -0.05) is 26.7 Å². The molecule has 1 unspecified atom stereocenters. The molecule has 0 aromatic carbocycles. The van der Waals surface area contributed by atoms with Gasteiger partial charge in [0, 0.05) is 18.6 Å². The van der Waals surface area contributed by atoms with Crippen LogP contribution in [0, 0.1) is 11.3 Å². The molecule has 2 fully saturated rings. The highest BCUT2D eigenvalue weighted by atomic mass is 15.2. The van der Waals surface area contributed by atoms with E-state index in [1.807, 2.05) is 0 Å². The Morgan fingerprint density at radius 2 is 1.82 bits per heavy atom. The van der Waals surface area contributed by atoms with Crippen molar-refractivity contribution in [3.63, 3.8) is 0 Å². The Morgan fingerprint density at radius 1 is 1.18 bits per heavy atom. The van der Waals surface area contributed by atoms with Crippen molar-refractivity contribution in [2.75, 3.05) is 13.1 Å². The number of likely N-dealkylation sites (tertiary alicyclic amines) is 1. The van der Waals surface area contributed by atoms with Gasteiger partial charge in [0.25, 0.3) is 0 Å². The summed E-state index contributed by atoms with van der Waals surface area (Å²) in [5.74, 6) is 0.987. The van der Waals surface area contributed by atoms with Crippen molar-refractivity contribution in [2.24, 2.45) is 17.1 Å². The Hall–Kier alpha value is -0.0800. The largest absolute Gasteiger partial charge is 0.327 e. The van der Waals surface area contributed by atoms with Gasteiger partial charge >= 0.3 is 0 Å². The van der Waals surface area contributed by atoms with Gasteiger partial charge in [0.2, 0.25) is 0 Å². The van der Waals surface area contributed by atoms with E-state index in [1.165, 1.54) is 51.6 Å². The lowest BCUT2D eigenvalue weighted by atomic mass is 9.76. The summed E-state index contributed by atoms with van der Waals surface area (Å²) in [6, 6.07) is 1.15. The second kappa shape index (κ2) is 5.27. The number of hydrogen-bond donors (Lipinski definition) is 1. The molecule has 100 valence electrons. The third-order valence-electron chi connectivity index (χ3n) is 5.20. The molecule has 17 heavy (non-hydrogen) atoms. The first-order valence-corrected chi connectivity index (χ1v) is 7.50. The topological polar surface area (TPSA) is 29.3 Å². The average molecular weight is 238 g/mol. The molecule has 1 saturated carbocycles. The molecular formula is C15H30N2. The molecule has 0 amide bonds. The zero-order valence-corrected chi connectivity index (χ0v) is 11.9. The van der Waals surface area contributed by atoms with Gasteiger partial charge < -0.3 is 5.73 Å². The highest BCUT2D eigenvalue weighted by molar-refractivity contribution is 4.91. The van der Waals surface area contributed by atoms with Crippen LogP contribution >= 0.6 is 0 Å². The normalized spacial score (nSPS) is 33.2. The van der Waals surface area contributed by atoms with Crippen molar-refractivity contribution in [1.29, 1.82) is 0 Å². The second-order valence-corrected chi connectivity index (χ2v) is 7.00. The van der Waals surface area contributed by atoms with E-state index in [1.54, 1.807) is 0 Å². The first-order valence-electron chi connectivity index (χ1n) is 7.50. The van der Waals surface area contributed by atoms with Crippen LogP contribution in [0.4, 0.5) is 0 Å². The van der Waals surface area contributed by atoms with Crippen LogP contribution in [0.15, 0.2) is 0 Å². The fourth-order valence-corrected chi connectivity index (χ4v) is 3.59. The predicted molar refractivity (Wildman–Crippen MR) is 74.0 cm³/mol. The maximum Gasteiger partial charge on any atom is 0.0124 e. The Kier molecular flexibility index (Phi) is 4.14. The van der Waals surface area contributed by atoms with Gasteiger partial charge in [-0.15, -0.1) is 0 Å². The van der Waals surface area contributed by atoms with E-state index in [0.717, 1.165) is 12.0 Å². The molecule has 2 rings (SSSR count). The van der Waals surface area contributed by atoms with Crippen molar-refractivity contribution < 1.29 is 0 Å². The van der Waals surface area contributed by atoms with Crippen molar-refractivity contribution in [3.8, 4) is 0 Å². The summed E-state index contributed by atoms with van der Waals surface area (Å²) in [7, 11) is 0. The zero-order valence-electron chi connectivity index (χ0n) is 11.9. The fourth-order valence-electron chi connectivity index (χ4n) is 3.59. The molecule has 2 N–H and O–H groups in total. The average Bonchev–Trinajstić information content (AvgIpc) is 2.29. The summed E-state index contributed by atoms with van der Waals surface area (Å²) in [5.41, 5.74) is 6.38. The monoisotopic (exact) mass is 238 g/mol. The van der Waals surface area contributed by atoms with E-state index in [2.05, 4.69) is 25.7 Å². The Morgan fingerprint density at radius 3 is 2.53 bits per heavy atom. The number of nitrogens with two attached hydrogens (primary N) is 1. The summed E-state index contributed by atoms with van der Waals surface area (Å²) in [4.78, 5) is 2.76. The van der Waals surface area contributed by atoms with E-state index in [0.29, 0.717) is 0 Å². The van der Waals surface area contributed by atoms with E-state index >= 15 is 0 Å². The molecule has 1 aliphatic carbocycles. The van der Waals surface area contributed by atoms with Gasteiger partial charge in [-0.2, -0.15) is 0 Å². The van der Waals surface area contributed by atoms with Gasteiger partial charge in [0.15, 0.2) is 0 Å². The van der Waals surface area contributed by atoms with Crippen molar-refractivity contribution in [1.82, 2.24) is 4.90 Å². The molecule has 1 aliphatic heterocycles. The summed E-state index contributed by atoms with van der Waals surface area (Å²) in [5, 5.41) is 0. The van der Waals surface area contributed by atoms with Crippen LogP contribution in [0.1, 0.15) is 59.3 Å². The van der Waals surface area contributed by atoms with Gasteiger partial charge in [0.05, 0.1) is 0 Å².